The molecular weight excluding hydrogens is 250 g/mol. The first kappa shape index (κ1) is 16.1. The highest BCUT2D eigenvalue weighted by atomic mass is 32.2. The SMILES string of the molecule is CC(C)(C)OCC(O)CN1CCS(=O)C(C)(C)C1. The Morgan fingerprint density at radius 2 is 2.06 bits per heavy atom. The van der Waals surface area contributed by atoms with Crippen LogP contribution in [0.25, 0.3) is 0 Å². The molecule has 1 heterocycles. The van der Waals surface area contributed by atoms with Gasteiger partial charge in [0.25, 0.3) is 0 Å². The Bertz CT molecular complexity index is 299. The molecule has 0 bridgehead atoms. The van der Waals surface area contributed by atoms with Crippen LogP contribution in [0.1, 0.15) is 34.6 Å². The molecule has 0 aromatic carbocycles. The predicted molar refractivity (Wildman–Crippen MR) is 75.2 cm³/mol. The van der Waals surface area contributed by atoms with E-state index in [-0.39, 0.29) is 10.3 Å². The summed E-state index contributed by atoms with van der Waals surface area (Å²) in [4.78, 5) is 2.18. The molecule has 18 heavy (non-hydrogen) atoms. The molecule has 0 saturated carbocycles. The highest BCUT2D eigenvalue weighted by Crippen LogP contribution is 2.20. The maximum absolute atomic E-state index is 11.8. The van der Waals surface area contributed by atoms with Crippen LogP contribution < -0.4 is 0 Å². The third kappa shape index (κ3) is 5.34. The Morgan fingerprint density at radius 3 is 2.56 bits per heavy atom. The van der Waals surface area contributed by atoms with Crippen molar-refractivity contribution in [2.24, 2.45) is 0 Å². The van der Waals surface area contributed by atoms with Crippen molar-refractivity contribution in [1.82, 2.24) is 4.90 Å². The fourth-order valence-corrected chi connectivity index (χ4v) is 3.33. The van der Waals surface area contributed by atoms with Crippen LogP contribution in [0.5, 0.6) is 0 Å². The molecule has 108 valence electrons. The third-order valence-electron chi connectivity index (χ3n) is 2.99. The van der Waals surface area contributed by atoms with Crippen LogP contribution >= 0.6 is 0 Å². The van der Waals surface area contributed by atoms with Gasteiger partial charge in [-0.05, 0) is 34.6 Å². The van der Waals surface area contributed by atoms with Crippen LogP contribution in [-0.2, 0) is 15.5 Å². The molecule has 2 unspecified atom stereocenters. The van der Waals surface area contributed by atoms with E-state index in [9.17, 15) is 9.32 Å². The maximum Gasteiger partial charge on any atom is 0.0900 e. The molecule has 1 fully saturated rings. The Hall–Kier alpha value is 0.0300. The van der Waals surface area contributed by atoms with Crippen LogP contribution in [0, 0.1) is 0 Å². The molecule has 1 aliphatic rings. The van der Waals surface area contributed by atoms with Crippen molar-refractivity contribution in [3.8, 4) is 0 Å². The van der Waals surface area contributed by atoms with Gasteiger partial charge in [0.05, 0.1) is 23.1 Å². The second kappa shape index (κ2) is 5.99. The van der Waals surface area contributed by atoms with Crippen molar-refractivity contribution in [3.05, 3.63) is 0 Å². The fourth-order valence-electron chi connectivity index (χ4n) is 2.03. The van der Waals surface area contributed by atoms with Crippen molar-refractivity contribution >= 4 is 10.8 Å². The summed E-state index contributed by atoms with van der Waals surface area (Å²) >= 11 is 0. The first-order valence-electron chi connectivity index (χ1n) is 6.53. The lowest BCUT2D eigenvalue weighted by Crippen LogP contribution is -2.52. The summed E-state index contributed by atoms with van der Waals surface area (Å²) < 4.78 is 17.2. The number of ether oxygens (including phenoxy) is 1. The lowest BCUT2D eigenvalue weighted by Gasteiger charge is -2.38. The van der Waals surface area contributed by atoms with Gasteiger partial charge < -0.3 is 9.84 Å². The molecule has 0 aliphatic carbocycles. The van der Waals surface area contributed by atoms with E-state index < -0.39 is 16.9 Å². The van der Waals surface area contributed by atoms with Gasteiger partial charge in [-0.3, -0.25) is 9.11 Å². The van der Waals surface area contributed by atoms with Crippen LogP contribution in [0.2, 0.25) is 0 Å². The largest absolute Gasteiger partial charge is 0.389 e. The molecule has 0 radical (unpaired) electrons. The van der Waals surface area contributed by atoms with E-state index >= 15 is 0 Å². The molecular formula is C13H27NO3S. The zero-order valence-electron chi connectivity index (χ0n) is 12.2. The van der Waals surface area contributed by atoms with Gasteiger partial charge in [-0.25, -0.2) is 0 Å². The van der Waals surface area contributed by atoms with Gasteiger partial charge in [-0.2, -0.15) is 0 Å². The third-order valence-corrected chi connectivity index (χ3v) is 4.91. The topological polar surface area (TPSA) is 49.8 Å². The number of aliphatic hydroxyl groups excluding tert-OH is 1. The number of rotatable bonds is 4. The lowest BCUT2D eigenvalue weighted by atomic mass is 10.1. The smallest absolute Gasteiger partial charge is 0.0900 e. The fraction of sp³-hybridized carbons (Fsp3) is 1.00. The molecule has 5 heteroatoms. The van der Waals surface area contributed by atoms with E-state index in [1.807, 2.05) is 34.6 Å². The highest BCUT2D eigenvalue weighted by molar-refractivity contribution is 7.86. The van der Waals surface area contributed by atoms with Crippen molar-refractivity contribution < 1.29 is 14.1 Å². The van der Waals surface area contributed by atoms with Gasteiger partial charge in [0.2, 0.25) is 0 Å². The number of β-amino-alcohol motifs (C(OH)–C–C–N with tert-alkyl or cyclic N) is 1. The lowest BCUT2D eigenvalue weighted by molar-refractivity contribution is -0.0563. The minimum Gasteiger partial charge on any atom is -0.389 e. The van der Waals surface area contributed by atoms with Crippen LogP contribution in [0.3, 0.4) is 0 Å². The van der Waals surface area contributed by atoms with E-state index in [1.165, 1.54) is 0 Å². The molecule has 4 nitrogen and oxygen atoms in total. The summed E-state index contributed by atoms with van der Waals surface area (Å²) in [5, 5.41) is 9.96. The van der Waals surface area contributed by atoms with Gasteiger partial charge in [0.1, 0.15) is 0 Å². The van der Waals surface area contributed by atoms with Gasteiger partial charge in [-0.15, -0.1) is 0 Å². The molecule has 0 amide bonds. The first-order valence-corrected chi connectivity index (χ1v) is 7.85. The number of hydrogen-bond acceptors (Lipinski definition) is 4. The Labute approximate surface area is 113 Å². The summed E-state index contributed by atoms with van der Waals surface area (Å²) in [6.07, 6.45) is -0.480. The number of hydrogen-bond donors (Lipinski definition) is 1. The van der Waals surface area contributed by atoms with Crippen LogP contribution in [-0.4, -0.2) is 62.7 Å². The van der Waals surface area contributed by atoms with Gasteiger partial charge in [0, 0.05) is 36.2 Å². The summed E-state index contributed by atoms with van der Waals surface area (Å²) in [7, 11) is -0.758. The molecule has 1 aliphatic heterocycles. The zero-order chi connectivity index (χ0) is 14.0. The molecule has 2 atom stereocenters. The normalized spacial score (nSPS) is 27.1. The predicted octanol–water partition coefficient (Wildman–Crippen LogP) is 1.01. The van der Waals surface area contributed by atoms with Crippen molar-refractivity contribution in [2.45, 2.75) is 51.1 Å². The van der Waals surface area contributed by atoms with Crippen molar-refractivity contribution in [2.75, 3.05) is 32.0 Å². The molecule has 0 spiro atoms. The summed E-state index contributed by atoms with van der Waals surface area (Å²) in [5.74, 6) is 0.694. The minimum absolute atomic E-state index is 0.178. The minimum atomic E-state index is -0.758. The first-order chi connectivity index (χ1) is 8.10. The summed E-state index contributed by atoms with van der Waals surface area (Å²) in [6.45, 7) is 12.5. The molecule has 1 N–H and O–H groups in total. The summed E-state index contributed by atoms with van der Waals surface area (Å²) in [5.41, 5.74) is -0.219. The van der Waals surface area contributed by atoms with E-state index in [2.05, 4.69) is 4.90 Å². The van der Waals surface area contributed by atoms with E-state index in [0.717, 1.165) is 13.1 Å². The second-order valence-corrected chi connectivity index (χ2v) is 8.83. The van der Waals surface area contributed by atoms with E-state index in [1.54, 1.807) is 0 Å². The van der Waals surface area contributed by atoms with E-state index in [0.29, 0.717) is 18.9 Å². The Balaban J connectivity index is 2.37. The van der Waals surface area contributed by atoms with Gasteiger partial charge >= 0.3 is 0 Å². The average Bonchev–Trinajstić information content (AvgIpc) is 2.19. The van der Waals surface area contributed by atoms with E-state index in [4.69, 9.17) is 4.74 Å². The second-order valence-electron chi connectivity index (χ2n) is 6.62. The van der Waals surface area contributed by atoms with Gasteiger partial charge in [0.15, 0.2) is 0 Å². The highest BCUT2D eigenvalue weighted by Gasteiger charge is 2.33. The van der Waals surface area contributed by atoms with Crippen LogP contribution in [0.4, 0.5) is 0 Å². The Morgan fingerprint density at radius 1 is 1.44 bits per heavy atom. The molecule has 0 aromatic rings. The quantitative estimate of drug-likeness (QED) is 0.833. The maximum atomic E-state index is 11.8. The van der Waals surface area contributed by atoms with Crippen molar-refractivity contribution in [1.29, 1.82) is 0 Å². The molecule has 0 aromatic heterocycles. The average molecular weight is 277 g/mol. The zero-order valence-corrected chi connectivity index (χ0v) is 13.0. The number of nitrogens with zero attached hydrogens (tertiary/aromatic N) is 1. The van der Waals surface area contributed by atoms with Crippen LogP contribution in [0.15, 0.2) is 0 Å². The Kier molecular flexibility index (Phi) is 5.35. The summed E-state index contributed by atoms with van der Waals surface area (Å²) in [6, 6.07) is 0. The molecule has 1 rings (SSSR count). The monoisotopic (exact) mass is 277 g/mol. The number of aliphatic hydroxyl groups is 1. The van der Waals surface area contributed by atoms with Crippen molar-refractivity contribution in [3.63, 3.8) is 0 Å². The van der Waals surface area contributed by atoms with Gasteiger partial charge in [-0.1, -0.05) is 0 Å². The molecule has 1 saturated heterocycles. The standard InChI is InChI=1S/C13H27NO3S/c1-12(2,3)17-9-11(15)8-14-6-7-18(16)13(4,5)10-14/h11,15H,6-10H2,1-5H3.